The van der Waals surface area contributed by atoms with Crippen molar-refractivity contribution in [2.45, 2.75) is 26.8 Å². The lowest BCUT2D eigenvalue weighted by Crippen LogP contribution is -2.46. The quantitative estimate of drug-likeness (QED) is 0.341. The van der Waals surface area contributed by atoms with Gasteiger partial charge in [-0.05, 0) is 74.4 Å². The molecule has 0 spiro atoms. The summed E-state index contributed by atoms with van der Waals surface area (Å²) in [7, 11) is 0. The Morgan fingerprint density at radius 2 is 1.71 bits per heavy atom. The van der Waals surface area contributed by atoms with E-state index in [1.807, 2.05) is 51.1 Å². The molecule has 176 valence electrons. The number of aromatic nitrogens is 2. The first-order valence-corrected chi connectivity index (χ1v) is 11.4. The zero-order valence-corrected chi connectivity index (χ0v) is 20.1. The largest absolute Gasteiger partial charge is 0.334 e. The molecule has 1 aliphatic rings. The first-order chi connectivity index (χ1) is 16.8. The second-order valence-corrected chi connectivity index (χ2v) is 8.90. The molecule has 0 radical (unpaired) electrons. The highest BCUT2D eigenvalue weighted by Gasteiger charge is 2.36. The van der Waals surface area contributed by atoms with Gasteiger partial charge in [-0.2, -0.15) is 4.98 Å². The predicted octanol–water partition coefficient (Wildman–Crippen LogP) is 6.85. The summed E-state index contributed by atoms with van der Waals surface area (Å²) in [5, 5.41) is 7.83. The molecule has 1 atom stereocenters. The Labute approximate surface area is 207 Å². The fourth-order valence-electron chi connectivity index (χ4n) is 4.16. The van der Waals surface area contributed by atoms with Gasteiger partial charge in [0, 0.05) is 16.3 Å². The molecule has 1 unspecified atom stereocenters. The van der Waals surface area contributed by atoms with Crippen LogP contribution in [0.2, 0.25) is 5.02 Å². The topological polar surface area (TPSA) is 71.3 Å². The summed E-state index contributed by atoms with van der Waals surface area (Å²) in [5.74, 6) is 0.246. The number of urea groups is 1. The molecule has 0 fully saturated rings. The number of carbonyl (C=O) groups excluding carboxylic acids is 1. The lowest BCUT2D eigenvalue weighted by molar-refractivity contribution is 0.244. The zero-order valence-electron chi connectivity index (χ0n) is 19.3. The number of halogens is 2. The number of amides is 2. The van der Waals surface area contributed by atoms with Crippen LogP contribution in [0.1, 0.15) is 35.5 Å². The molecule has 5 rings (SSSR count). The van der Waals surface area contributed by atoms with Crippen molar-refractivity contribution < 1.29 is 13.7 Å². The number of nitrogens with one attached hydrogen (secondary N) is 1. The Balaban J connectivity index is 1.65. The van der Waals surface area contributed by atoms with Crippen molar-refractivity contribution in [3.05, 3.63) is 106 Å². The van der Waals surface area contributed by atoms with Crippen LogP contribution >= 0.6 is 11.6 Å². The molecule has 0 saturated heterocycles. The van der Waals surface area contributed by atoms with E-state index in [2.05, 4.69) is 15.5 Å². The maximum Gasteiger partial charge on any atom is 0.326 e. The van der Waals surface area contributed by atoms with Crippen molar-refractivity contribution in [1.29, 1.82) is 0 Å². The summed E-state index contributed by atoms with van der Waals surface area (Å²) in [4.78, 5) is 19.5. The molecular formula is C27H22ClFN4O2. The van der Waals surface area contributed by atoms with Crippen LogP contribution in [0.4, 0.5) is 14.9 Å². The van der Waals surface area contributed by atoms with Crippen LogP contribution in [0.15, 0.2) is 77.0 Å². The van der Waals surface area contributed by atoms with E-state index in [-0.39, 0.29) is 17.7 Å². The number of nitrogens with zero attached hydrogens (tertiary/aromatic N) is 3. The van der Waals surface area contributed by atoms with Gasteiger partial charge in [-0.15, -0.1) is 0 Å². The van der Waals surface area contributed by atoms with Crippen LogP contribution in [0.5, 0.6) is 0 Å². The third kappa shape index (κ3) is 4.31. The molecule has 0 saturated carbocycles. The summed E-state index contributed by atoms with van der Waals surface area (Å²) < 4.78 is 19.1. The van der Waals surface area contributed by atoms with Gasteiger partial charge < -0.3 is 9.84 Å². The number of anilines is 1. The Morgan fingerprint density at radius 3 is 2.40 bits per heavy atom. The van der Waals surface area contributed by atoms with Crippen LogP contribution in [0.3, 0.4) is 0 Å². The van der Waals surface area contributed by atoms with E-state index in [4.69, 9.17) is 16.1 Å². The molecule has 35 heavy (non-hydrogen) atoms. The molecule has 2 heterocycles. The fourth-order valence-corrected chi connectivity index (χ4v) is 4.27. The first kappa shape index (κ1) is 22.8. The van der Waals surface area contributed by atoms with Crippen molar-refractivity contribution in [3.63, 3.8) is 0 Å². The number of benzene rings is 3. The highest BCUT2D eigenvalue weighted by atomic mass is 35.5. The number of allylic oxidation sites excluding steroid dienone is 1. The monoisotopic (exact) mass is 488 g/mol. The van der Waals surface area contributed by atoms with Crippen molar-refractivity contribution in [2.24, 2.45) is 0 Å². The molecule has 1 aromatic heterocycles. The molecule has 1 aliphatic heterocycles. The number of aryl methyl sites for hydroxylation is 2. The van der Waals surface area contributed by atoms with E-state index in [0.29, 0.717) is 33.4 Å². The number of rotatable bonds is 4. The first-order valence-electron chi connectivity index (χ1n) is 11.1. The molecule has 6 nitrogen and oxygen atoms in total. The van der Waals surface area contributed by atoms with Crippen molar-refractivity contribution in [2.75, 3.05) is 4.90 Å². The average Bonchev–Trinajstić information content (AvgIpc) is 3.31. The predicted molar refractivity (Wildman–Crippen MR) is 133 cm³/mol. The molecular weight excluding hydrogens is 467 g/mol. The highest BCUT2D eigenvalue weighted by Crippen LogP contribution is 2.39. The second kappa shape index (κ2) is 9.00. The lowest BCUT2D eigenvalue weighted by Gasteiger charge is -2.35. The summed E-state index contributed by atoms with van der Waals surface area (Å²) in [6.07, 6.45) is 0. The van der Waals surface area contributed by atoms with Crippen molar-refractivity contribution in [3.8, 4) is 11.4 Å². The van der Waals surface area contributed by atoms with Crippen LogP contribution in [0.25, 0.3) is 17.0 Å². The molecule has 1 N–H and O–H groups in total. The van der Waals surface area contributed by atoms with Gasteiger partial charge in [0.05, 0.1) is 17.3 Å². The molecule has 2 amide bonds. The van der Waals surface area contributed by atoms with E-state index < -0.39 is 6.04 Å². The number of hydrogen-bond acceptors (Lipinski definition) is 4. The Morgan fingerprint density at radius 1 is 1.00 bits per heavy atom. The normalized spacial score (nSPS) is 16.0. The zero-order chi connectivity index (χ0) is 24.7. The Hall–Kier alpha value is -3.97. The van der Waals surface area contributed by atoms with Gasteiger partial charge in [-0.3, -0.25) is 4.90 Å². The second-order valence-electron chi connectivity index (χ2n) is 8.49. The molecule has 0 aliphatic carbocycles. The highest BCUT2D eigenvalue weighted by molar-refractivity contribution is 6.31. The van der Waals surface area contributed by atoms with E-state index >= 15 is 0 Å². The fraction of sp³-hybridized carbons (Fsp3) is 0.148. The summed E-state index contributed by atoms with van der Waals surface area (Å²) in [5.41, 5.74) is 5.44. The smallest absolute Gasteiger partial charge is 0.326 e. The van der Waals surface area contributed by atoms with Gasteiger partial charge in [0.25, 0.3) is 5.89 Å². The standard InChI is InChI=1S/C27H22ClFN4O2/c1-15-4-6-18(7-5-15)24-23(26-31-25(32-35-26)19-8-10-20(29)11-9-19)17(3)33(27(34)30-24)21-12-13-22(28)16(2)14-21/h4-14,24H,1-3H3,(H,30,34). The average molecular weight is 489 g/mol. The van der Waals surface area contributed by atoms with E-state index in [1.54, 1.807) is 29.2 Å². The third-order valence-electron chi connectivity index (χ3n) is 6.05. The van der Waals surface area contributed by atoms with Gasteiger partial charge in [-0.1, -0.05) is 46.6 Å². The van der Waals surface area contributed by atoms with E-state index in [0.717, 1.165) is 16.7 Å². The number of hydrogen-bond donors (Lipinski definition) is 1. The summed E-state index contributed by atoms with van der Waals surface area (Å²) >= 11 is 6.22. The van der Waals surface area contributed by atoms with Gasteiger partial charge in [0.2, 0.25) is 5.82 Å². The van der Waals surface area contributed by atoms with Gasteiger partial charge >= 0.3 is 6.03 Å². The SMILES string of the molecule is CC1=C(c2nc(-c3ccc(F)cc3)no2)C(c2ccc(C)cc2)NC(=O)N1c1ccc(Cl)c(C)c1. The maximum atomic E-state index is 13.4. The minimum atomic E-state index is -0.505. The summed E-state index contributed by atoms with van der Waals surface area (Å²) in [6, 6.07) is 18.4. The van der Waals surface area contributed by atoms with Crippen LogP contribution in [-0.2, 0) is 0 Å². The van der Waals surface area contributed by atoms with Crippen LogP contribution in [-0.4, -0.2) is 16.2 Å². The van der Waals surface area contributed by atoms with E-state index in [9.17, 15) is 9.18 Å². The van der Waals surface area contributed by atoms with Gasteiger partial charge in [0.1, 0.15) is 5.82 Å². The summed E-state index contributed by atoms with van der Waals surface area (Å²) in [6.45, 7) is 5.74. The van der Waals surface area contributed by atoms with Crippen LogP contribution in [0, 0.1) is 19.7 Å². The molecule has 8 heteroatoms. The molecule has 0 bridgehead atoms. The molecule has 3 aromatic carbocycles. The number of carbonyl (C=O) groups is 1. The minimum absolute atomic E-state index is 0.267. The minimum Gasteiger partial charge on any atom is -0.334 e. The van der Waals surface area contributed by atoms with Crippen LogP contribution < -0.4 is 10.2 Å². The van der Waals surface area contributed by atoms with E-state index in [1.165, 1.54) is 12.1 Å². The van der Waals surface area contributed by atoms with Crippen molar-refractivity contribution >= 4 is 28.9 Å². The third-order valence-corrected chi connectivity index (χ3v) is 6.48. The van der Waals surface area contributed by atoms with Gasteiger partial charge in [0.15, 0.2) is 0 Å². The Bertz CT molecular complexity index is 1450. The maximum absolute atomic E-state index is 13.4. The lowest BCUT2D eigenvalue weighted by atomic mass is 9.94. The molecule has 4 aromatic rings. The Kier molecular flexibility index (Phi) is 5.86. The van der Waals surface area contributed by atoms with Crippen molar-refractivity contribution in [1.82, 2.24) is 15.5 Å². The van der Waals surface area contributed by atoms with Gasteiger partial charge in [-0.25, -0.2) is 9.18 Å².